The van der Waals surface area contributed by atoms with Gasteiger partial charge in [0, 0.05) is 17.5 Å². The highest BCUT2D eigenvalue weighted by Crippen LogP contribution is 2.39. The number of hydrogen-bond acceptors (Lipinski definition) is 4. The summed E-state index contributed by atoms with van der Waals surface area (Å²) in [6.45, 7) is 6.36. The van der Waals surface area contributed by atoms with Crippen molar-refractivity contribution in [3.8, 4) is 21.9 Å². The molecule has 2 heterocycles. The van der Waals surface area contributed by atoms with Crippen molar-refractivity contribution in [1.29, 1.82) is 0 Å². The quantitative estimate of drug-likeness (QED) is 0.298. The minimum absolute atomic E-state index is 0.274. The Morgan fingerprint density at radius 3 is 2.53 bits per heavy atom. The Hall–Kier alpha value is -3.44. The van der Waals surface area contributed by atoms with E-state index in [9.17, 15) is 0 Å². The number of methoxy groups -OCH3 is 1. The number of fused-ring (bicyclic) bond motifs is 1. The first-order valence-corrected chi connectivity index (χ1v) is 11.5. The van der Waals surface area contributed by atoms with Crippen molar-refractivity contribution in [2.45, 2.75) is 26.7 Å². The van der Waals surface area contributed by atoms with E-state index in [2.05, 4.69) is 79.5 Å². The van der Waals surface area contributed by atoms with Crippen molar-refractivity contribution in [3.63, 3.8) is 0 Å². The van der Waals surface area contributed by atoms with E-state index >= 15 is 0 Å². The molecule has 0 bridgehead atoms. The first kappa shape index (κ1) is 20.5. The molecule has 2 aromatic heterocycles. The van der Waals surface area contributed by atoms with E-state index < -0.39 is 0 Å². The third-order valence-corrected chi connectivity index (χ3v) is 6.93. The molecule has 0 aliphatic heterocycles. The van der Waals surface area contributed by atoms with E-state index in [4.69, 9.17) is 9.11 Å². The smallest absolute Gasteiger partial charge is 0.143 e. The number of hydrogen-bond donors (Lipinski definition) is 0. The number of imidazole rings is 1. The third-order valence-electron chi connectivity index (χ3n) is 6.02. The van der Waals surface area contributed by atoms with E-state index in [0.29, 0.717) is 0 Å². The lowest BCUT2D eigenvalue weighted by atomic mass is 9.91. The summed E-state index contributed by atoms with van der Waals surface area (Å²) in [4.78, 5) is 5.49. The van der Waals surface area contributed by atoms with Crippen LogP contribution in [0, 0.1) is 13.8 Å². The molecule has 0 fully saturated rings. The Morgan fingerprint density at radius 1 is 1.00 bits per heavy atom. The second kappa shape index (κ2) is 8.24. The molecule has 0 saturated carbocycles. The van der Waals surface area contributed by atoms with Crippen LogP contribution in [0.5, 0.6) is 5.75 Å². The van der Waals surface area contributed by atoms with Crippen molar-refractivity contribution in [2.75, 3.05) is 7.11 Å². The van der Waals surface area contributed by atoms with E-state index in [-0.39, 0.29) is 5.92 Å². The van der Waals surface area contributed by atoms with Gasteiger partial charge >= 0.3 is 0 Å². The van der Waals surface area contributed by atoms with Gasteiger partial charge in [-0.1, -0.05) is 61.0 Å². The largest absolute Gasteiger partial charge is 0.495 e. The van der Waals surface area contributed by atoms with Gasteiger partial charge < -0.3 is 9.30 Å². The van der Waals surface area contributed by atoms with Gasteiger partial charge in [-0.25, -0.2) is 4.98 Å². The second-order valence-corrected chi connectivity index (χ2v) is 8.97. The lowest BCUT2D eigenvalue weighted by molar-refractivity contribution is 0.413. The summed E-state index contributed by atoms with van der Waals surface area (Å²) < 4.78 is 12.6. The van der Waals surface area contributed by atoms with E-state index in [1.165, 1.54) is 22.1 Å². The molecule has 4 nitrogen and oxygen atoms in total. The van der Waals surface area contributed by atoms with Crippen molar-refractivity contribution in [2.24, 2.45) is 0 Å². The van der Waals surface area contributed by atoms with Crippen LogP contribution in [0.15, 0.2) is 73.2 Å². The number of aromatic nitrogens is 3. The van der Waals surface area contributed by atoms with Gasteiger partial charge in [-0.2, -0.15) is 4.37 Å². The van der Waals surface area contributed by atoms with Gasteiger partial charge in [0.15, 0.2) is 0 Å². The average molecular weight is 440 g/mol. The predicted octanol–water partition coefficient (Wildman–Crippen LogP) is 6.93. The Morgan fingerprint density at radius 2 is 1.81 bits per heavy atom. The SMILES string of the molecule is COc1cc(-c2snc3c(C(C)c4ccc(C)cc4)cccc23)ccc1-n1cnc(C)c1. The van der Waals surface area contributed by atoms with E-state index in [1.807, 2.05) is 24.0 Å². The first-order valence-electron chi connectivity index (χ1n) is 10.7. The van der Waals surface area contributed by atoms with Crippen LogP contribution in [0.25, 0.3) is 27.0 Å². The molecule has 0 aliphatic rings. The fourth-order valence-electron chi connectivity index (χ4n) is 4.16. The molecule has 3 aromatic carbocycles. The second-order valence-electron chi connectivity index (χ2n) is 8.20. The topological polar surface area (TPSA) is 39.9 Å². The maximum atomic E-state index is 5.72. The van der Waals surface area contributed by atoms with Crippen LogP contribution in [0.2, 0.25) is 0 Å². The van der Waals surface area contributed by atoms with Crippen LogP contribution < -0.4 is 4.74 Å². The third kappa shape index (κ3) is 3.59. The first-order chi connectivity index (χ1) is 15.5. The fourth-order valence-corrected chi connectivity index (χ4v) is 5.05. The molecule has 5 rings (SSSR count). The summed E-state index contributed by atoms with van der Waals surface area (Å²) in [5.41, 5.74) is 7.96. The number of nitrogens with zero attached hydrogens (tertiary/aromatic N) is 3. The minimum Gasteiger partial charge on any atom is -0.495 e. The van der Waals surface area contributed by atoms with Gasteiger partial charge in [0.1, 0.15) is 5.75 Å². The maximum Gasteiger partial charge on any atom is 0.143 e. The lowest BCUT2D eigenvalue weighted by Crippen LogP contribution is -1.97. The monoisotopic (exact) mass is 439 g/mol. The van der Waals surface area contributed by atoms with Gasteiger partial charge in [0.05, 0.1) is 35.2 Å². The van der Waals surface area contributed by atoms with Crippen LogP contribution in [0.4, 0.5) is 0 Å². The molecule has 0 saturated heterocycles. The molecule has 32 heavy (non-hydrogen) atoms. The van der Waals surface area contributed by atoms with Crippen LogP contribution in [-0.4, -0.2) is 21.0 Å². The van der Waals surface area contributed by atoms with Crippen molar-refractivity contribution < 1.29 is 4.74 Å². The summed E-state index contributed by atoms with van der Waals surface area (Å²) >= 11 is 1.55. The summed E-state index contributed by atoms with van der Waals surface area (Å²) in [6.07, 6.45) is 3.81. The number of benzene rings is 3. The lowest BCUT2D eigenvalue weighted by Gasteiger charge is -2.14. The van der Waals surface area contributed by atoms with Gasteiger partial charge in [-0.05, 0) is 54.2 Å². The van der Waals surface area contributed by atoms with E-state index in [0.717, 1.165) is 33.1 Å². The number of aryl methyl sites for hydroxylation is 2. The van der Waals surface area contributed by atoms with Crippen LogP contribution >= 0.6 is 11.5 Å². The molecule has 0 N–H and O–H groups in total. The molecular formula is C27H25N3OS. The molecule has 1 unspecified atom stereocenters. The van der Waals surface area contributed by atoms with Gasteiger partial charge in [-0.3, -0.25) is 0 Å². The molecule has 0 amide bonds. The Bertz CT molecular complexity index is 1400. The summed E-state index contributed by atoms with van der Waals surface area (Å²) in [6, 6.07) is 21.6. The zero-order valence-electron chi connectivity index (χ0n) is 18.7. The van der Waals surface area contributed by atoms with Gasteiger partial charge in [0.2, 0.25) is 0 Å². The molecule has 160 valence electrons. The zero-order chi connectivity index (χ0) is 22.2. The normalized spacial score (nSPS) is 12.2. The van der Waals surface area contributed by atoms with Gasteiger partial charge in [-0.15, -0.1) is 0 Å². The standard InChI is InChI=1S/C27H25N3OS/c1-17-8-10-20(11-9-17)19(3)22-6-5-7-23-26(22)29-32-27(23)21-12-13-24(25(14-21)31-4)30-15-18(2)28-16-30/h5-16,19H,1-4H3. The summed E-state index contributed by atoms with van der Waals surface area (Å²) in [5, 5.41) is 1.18. The highest BCUT2D eigenvalue weighted by atomic mass is 32.1. The summed E-state index contributed by atoms with van der Waals surface area (Å²) in [7, 11) is 1.71. The zero-order valence-corrected chi connectivity index (χ0v) is 19.5. The molecule has 5 aromatic rings. The molecule has 0 aliphatic carbocycles. The van der Waals surface area contributed by atoms with Crippen LogP contribution in [0.3, 0.4) is 0 Å². The number of ether oxygens (including phenoxy) is 1. The van der Waals surface area contributed by atoms with Crippen molar-refractivity contribution in [1.82, 2.24) is 13.9 Å². The fraction of sp³-hybridized carbons (Fsp3) is 0.185. The molecular weight excluding hydrogens is 414 g/mol. The molecule has 1 atom stereocenters. The Kier molecular flexibility index (Phi) is 5.27. The van der Waals surface area contributed by atoms with Crippen LogP contribution in [0.1, 0.15) is 35.2 Å². The Balaban J connectivity index is 1.57. The van der Waals surface area contributed by atoms with Gasteiger partial charge in [0.25, 0.3) is 0 Å². The molecule has 0 spiro atoms. The Labute approximate surface area is 192 Å². The van der Waals surface area contributed by atoms with Crippen molar-refractivity contribution >= 4 is 22.4 Å². The highest BCUT2D eigenvalue weighted by molar-refractivity contribution is 7.11. The molecule has 5 heteroatoms. The van der Waals surface area contributed by atoms with E-state index in [1.54, 1.807) is 18.6 Å². The minimum atomic E-state index is 0.274. The summed E-state index contributed by atoms with van der Waals surface area (Å²) in [5.74, 6) is 1.08. The molecule has 0 radical (unpaired) electrons. The maximum absolute atomic E-state index is 5.72. The van der Waals surface area contributed by atoms with Crippen molar-refractivity contribution in [3.05, 3.63) is 95.6 Å². The van der Waals surface area contributed by atoms with Crippen LogP contribution in [-0.2, 0) is 0 Å². The number of rotatable bonds is 5. The average Bonchev–Trinajstić information content (AvgIpc) is 3.45. The highest BCUT2D eigenvalue weighted by Gasteiger charge is 2.18. The predicted molar refractivity (Wildman–Crippen MR) is 132 cm³/mol.